The van der Waals surface area contributed by atoms with Gasteiger partial charge in [0, 0.05) is 0 Å². The van der Waals surface area contributed by atoms with Crippen LogP contribution in [0, 0.1) is 13.8 Å². The molecule has 0 spiro atoms. The zero-order chi connectivity index (χ0) is 10.7. The zero-order valence-electron chi connectivity index (χ0n) is 8.37. The van der Waals surface area contributed by atoms with E-state index < -0.39 is 12.2 Å². The van der Waals surface area contributed by atoms with Gasteiger partial charge in [-0.05, 0) is 25.0 Å². The predicted molar refractivity (Wildman–Crippen MR) is 57.6 cm³/mol. The Morgan fingerprint density at radius 2 is 1.93 bits per heavy atom. The molecule has 2 unspecified atom stereocenters. The number of alkyl halides is 1. The van der Waals surface area contributed by atoms with Gasteiger partial charge in [0.2, 0.25) is 0 Å². The van der Waals surface area contributed by atoms with Crippen LogP contribution in [0.3, 0.4) is 0 Å². The summed E-state index contributed by atoms with van der Waals surface area (Å²) < 4.78 is 0. The summed E-state index contributed by atoms with van der Waals surface area (Å²) in [6.45, 7) is 3.90. The number of hydrogen-bond acceptors (Lipinski definition) is 2. The number of aliphatic hydroxyl groups is 2. The molecule has 1 aromatic carbocycles. The van der Waals surface area contributed by atoms with Gasteiger partial charge in [0.15, 0.2) is 0 Å². The molecule has 2 nitrogen and oxygen atoms in total. The molecule has 14 heavy (non-hydrogen) atoms. The maximum Gasteiger partial charge on any atom is 0.106 e. The predicted octanol–water partition coefficient (Wildman–Crippen LogP) is 1.94. The van der Waals surface area contributed by atoms with Crippen molar-refractivity contribution in [2.45, 2.75) is 26.1 Å². The lowest BCUT2D eigenvalue weighted by Gasteiger charge is -2.18. The van der Waals surface area contributed by atoms with Crippen LogP contribution in [0.25, 0.3) is 0 Å². The average Bonchev–Trinajstić information content (AvgIpc) is 2.15. The van der Waals surface area contributed by atoms with Crippen molar-refractivity contribution >= 4 is 11.6 Å². The van der Waals surface area contributed by atoms with E-state index in [1.807, 2.05) is 32.0 Å². The first-order chi connectivity index (χ1) is 6.56. The summed E-state index contributed by atoms with van der Waals surface area (Å²) in [7, 11) is 0. The maximum atomic E-state index is 9.73. The number of hydrogen-bond donors (Lipinski definition) is 2. The third-order valence-corrected chi connectivity index (χ3v) is 2.58. The number of aliphatic hydroxyl groups excluding tert-OH is 2. The molecule has 3 heteroatoms. The second kappa shape index (κ2) is 4.78. The normalized spacial score (nSPS) is 15.2. The van der Waals surface area contributed by atoms with Gasteiger partial charge >= 0.3 is 0 Å². The summed E-state index contributed by atoms with van der Waals surface area (Å²) in [6.07, 6.45) is -1.80. The van der Waals surface area contributed by atoms with E-state index in [-0.39, 0.29) is 5.88 Å². The standard InChI is InChI=1S/C11H15ClO2/c1-7-3-4-9(8(2)5-7)11(14)10(13)6-12/h3-5,10-11,13-14H,6H2,1-2H3. The van der Waals surface area contributed by atoms with Gasteiger partial charge < -0.3 is 10.2 Å². The summed E-state index contributed by atoms with van der Waals surface area (Å²) in [4.78, 5) is 0. The smallest absolute Gasteiger partial charge is 0.106 e. The lowest BCUT2D eigenvalue weighted by atomic mass is 9.98. The number of benzene rings is 1. The Morgan fingerprint density at radius 1 is 1.29 bits per heavy atom. The van der Waals surface area contributed by atoms with E-state index in [1.54, 1.807) is 0 Å². The van der Waals surface area contributed by atoms with Crippen molar-refractivity contribution in [1.82, 2.24) is 0 Å². The first-order valence-corrected chi connectivity index (χ1v) is 5.09. The summed E-state index contributed by atoms with van der Waals surface area (Å²) in [5.41, 5.74) is 2.85. The molecule has 78 valence electrons. The topological polar surface area (TPSA) is 40.5 Å². The van der Waals surface area contributed by atoms with Gasteiger partial charge in [-0.25, -0.2) is 0 Å². The molecule has 0 bridgehead atoms. The highest BCUT2D eigenvalue weighted by atomic mass is 35.5. The lowest BCUT2D eigenvalue weighted by molar-refractivity contribution is 0.0323. The van der Waals surface area contributed by atoms with Crippen LogP contribution in [0.4, 0.5) is 0 Å². The minimum Gasteiger partial charge on any atom is -0.389 e. The summed E-state index contributed by atoms with van der Waals surface area (Å²) in [6, 6.07) is 5.71. The third-order valence-electron chi connectivity index (χ3n) is 2.27. The van der Waals surface area contributed by atoms with Crippen LogP contribution >= 0.6 is 11.6 Å². The molecular formula is C11H15ClO2. The quantitative estimate of drug-likeness (QED) is 0.755. The molecule has 0 aliphatic rings. The molecule has 1 rings (SSSR count). The van der Waals surface area contributed by atoms with Crippen LogP contribution < -0.4 is 0 Å². The van der Waals surface area contributed by atoms with Crippen molar-refractivity contribution in [3.63, 3.8) is 0 Å². The van der Waals surface area contributed by atoms with E-state index in [0.29, 0.717) is 0 Å². The van der Waals surface area contributed by atoms with Crippen LogP contribution in [0.5, 0.6) is 0 Å². The highest BCUT2D eigenvalue weighted by molar-refractivity contribution is 6.18. The van der Waals surface area contributed by atoms with E-state index >= 15 is 0 Å². The second-order valence-electron chi connectivity index (χ2n) is 3.53. The van der Waals surface area contributed by atoms with Crippen LogP contribution in [-0.4, -0.2) is 22.2 Å². The Hall–Kier alpha value is -0.570. The number of rotatable bonds is 3. The molecule has 0 saturated heterocycles. The maximum absolute atomic E-state index is 9.73. The second-order valence-corrected chi connectivity index (χ2v) is 3.84. The van der Waals surface area contributed by atoms with Crippen LogP contribution in [0.1, 0.15) is 22.8 Å². The Morgan fingerprint density at radius 3 is 2.43 bits per heavy atom. The van der Waals surface area contributed by atoms with Crippen LogP contribution in [-0.2, 0) is 0 Å². The third kappa shape index (κ3) is 2.47. The van der Waals surface area contributed by atoms with Gasteiger partial charge in [0.25, 0.3) is 0 Å². The van der Waals surface area contributed by atoms with Gasteiger partial charge in [-0.15, -0.1) is 11.6 Å². The summed E-state index contributed by atoms with van der Waals surface area (Å²) >= 11 is 5.47. The van der Waals surface area contributed by atoms with Gasteiger partial charge in [-0.3, -0.25) is 0 Å². The van der Waals surface area contributed by atoms with E-state index in [1.165, 1.54) is 0 Å². The number of aryl methyl sites for hydroxylation is 2. The fourth-order valence-electron chi connectivity index (χ4n) is 1.45. The molecule has 2 N–H and O–H groups in total. The van der Waals surface area contributed by atoms with Gasteiger partial charge in [0.05, 0.1) is 12.0 Å². The van der Waals surface area contributed by atoms with Gasteiger partial charge in [-0.2, -0.15) is 0 Å². The summed E-state index contributed by atoms with van der Waals surface area (Å²) in [5.74, 6) is 0.0362. The SMILES string of the molecule is Cc1ccc(C(O)C(O)CCl)c(C)c1. The average molecular weight is 215 g/mol. The minimum absolute atomic E-state index is 0.0362. The van der Waals surface area contributed by atoms with Crippen molar-refractivity contribution in [3.8, 4) is 0 Å². The molecule has 0 amide bonds. The van der Waals surface area contributed by atoms with E-state index in [4.69, 9.17) is 11.6 Å². The Bertz CT molecular complexity index is 312. The molecule has 2 atom stereocenters. The fourth-order valence-corrected chi connectivity index (χ4v) is 1.62. The van der Waals surface area contributed by atoms with Crippen LogP contribution in [0.15, 0.2) is 18.2 Å². The highest BCUT2D eigenvalue weighted by Gasteiger charge is 2.18. The molecule has 0 fully saturated rings. The molecule has 0 aromatic heterocycles. The first kappa shape index (κ1) is 11.5. The van der Waals surface area contributed by atoms with Crippen molar-refractivity contribution in [2.75, 3.05) is 5.88 Å². The van der Waals surface area contributed by atoms with Crippen molar-refractivity contribution in [3.05, 3.63) is 34.9 Å². The highest BCUT2D eigenvalue weighted by Crippen LogP contribution is 2.22. The van der Waals surface area contributed by atoms with Crippen molar-refractivity contribution in [1.29, 1.82) is 0 Å². The van der Waals surface area contributed by atoms with Crippen molar-refractivity contribution < 1.29 is 10.2 Å². The molecular weight excluding hydrogens is 200 g/mol. The molecule has 0 aliphatic heterocycles. The molecule has 0 radical (unpaired) electrons. The molecule has 0 heterocycles. The monoisotopic (exact) mass is 214 g/mol. The van der Waals surface area contributed by atoms with E-state index in [0.717, 1.165) is 16.7 Å². The van der Waals surface area contributed by atoms with Gasteiger partial charge in [-0.1, -0.05) is 23.8 Å². The summed E-state index contributed by atoms with van der Waals surface area (Å²) in [5, 5.41) is 19.1. The minimum atomic E-state index is -0.905. The Labute approximate surface area is 89.1 Å². The lowest BCUT2D eigenvalue weighted by Crippen LogP contribution is -2.20. The Balaban J connectivity index is 2.95. The Kier molecular flexibility index (Phi) is 3.93. The largest absolute Gasteiger partial charge is 0.389 e. The molecule has 1 aromatic rings. The molecule has 0 saturated carbocycles. The molecule has 0 aliphatic carbocycles. The van der Waals surface area contributed by atoms with Crippen LogP contribution in [0.2, 0.25) is 0 Å². The van der Waals surface area contributed by atoms with Crippen molar-refractivity contribution in [2.24, 2.45) is 0 Å². The number of halogens is 1. The first-order valence-electron chi connectivity index (χ1n) is 4.55. The van der Waals surface area contributed by atoms with E-state index in [9.17, 15) is 10.2 Å². The van der Waals surface area contributed by atoms with E-state index in [2.05, 4.69) is 0 Å². The fraction of sp³-hybridized carbons (Fsp3) is 0.455. The zero-order valence-corrected chi connectivity index (χ0v) is 9.12. The van der Waals surface area contributed by atoms with Gasteiger partial charge in [0.1, 0.15) is 6.10 Å².